The lowest BCUT2D eigenvalue weighted by Gasteiger charge is -2.37. The third kappa shape index (κ3) is 4.23. The Morgan fingerprint density at radius 2 is 2.18 bits per heavy atom. The van der Waals surface area contributed by atoms with Crippen LogP contribution in [0.2, 0.25) is 0 Å². The van der Waals surface area contributed by atoms with E-state index in [2.05, 4.69) is 26.1 Å². The van der Waals surface area contributed by atoms with E-state index in [1.165, 1.54) is 12.8 Å². The van der Waals surface area contributed by atoms with Crippen molar-refractivity contribution in [1.82, 2.24) is 5.32 Å². The molecule has 3 nitrogen and oxygen atoms in total. The molecule has 0 spiro atoms. The molecular weight excluding hydrogens is 214 g/mol. The van der Waals surface area contributed by atoms with Gasteiger partial charge in [-0.25, -0.2) is 0 Å². The van der Waals surface area contributed by atoms with Crippen LogP contribution in [0.15, 0.2) is 0 Å². The van der Waals surface area contributed by atoms with Crippen LogP contribution in [-0.4, -0.2) is 36.5 Å². The molecule has 0 saturated heterocycles. The summed E-state index contributed by atoms with van der Waals surface area (Å²) >= 11 is 0. The summed E-state index contributed by atoms with van der Waals surface area (Å²) in [5.41, 5.74) is -0.0518. The van der Waals surface area contributed by atoms with E-state index in [-0.39, 0.29) is 12.1 Å². The van der Waals surface area contributed by atoms with Crippen LogP contribution in [0.1, 0.15) is 52.9 Å². The van der Waals surface area contributed by atoms with Crippen molar-refractivity contribution >= 4 is 0 Å². The van der Waals surface area contributed by atoms with Gasteiger partial charge in [-0.05, 0) is 31.6 Å². The molecule has 2 N–H and O–H groups in total. The summed E-state index contributed by atoms with van der Waals surface area (Å²) in [4.78, 5) is 0. The first-order valence-corrected chi connectivity index (χ1v) is 7.11. The van der Waals surface area contributed by atoms with Crippen LogP contribution in [0, 0.1) is 5.92 Å². The van der Waals surface area contributed by atoms with Crippen LogP contribution in [0.5, 0.6) is 0 Å². The molecule has 0 radical (unpaired) electrons. The van der Waals surface area contributed by atoms with Crippen LogP contribution < -0.4 is 5.32 Å². The van der Waals surface area contributed by atoms with Crippen molar-refractivity contribution in [3.05, 3.63) is 0 Å². The maximum atomic E-state index is 9.74. The van der Waals surface area contributed by atoms with Crippen molar-refractivity contribution in [2.75, 3.05) is 19.8 Å². The van der Waals surface area contributed by atoms with Gasteiger partial charge in [0.25, 0.3) is 0 Å². The molecule has 0 aromatic carbocycles. The first kappa shape index (κ1) is 14.9. The number of nitrogens with one attached hydrogen (secondary N) is 1. The average molecular weight is 243 g/mol. The molecule has 0 aromatic heterocycles. The molecular formula is C14H29NO2. The largest absolute Gasteiger partial charge is 0.394 e. The molecule has 0 heterocycles. The first-order chi connectivity index (χ1) is 8.14. The molecule has 1 saturated carbocycles. The van der Waals surface area contributed by atoms with E-state index in [9.17, 15) is 5.11 Å². The predicted octanol–water partition coefficient (Wildman–Crippen LogP) is 2.33. The van der Waals surface area contributed by atoms with E-state index >= 15 is 0 Å². The molecule has 0 aromatic rings. The monoisotopic (exact) mass is 243 g/mol. The lowest BCUT2D eigenvalue weighted by molar-refractivity contribution is 0.0748. The van der Waals surface area contributed by atoms with Crippen molar-refractivity contribution < 1.29 is 9.84 Å². The quantitative estimate of drug-likeness (QED) is 0.643. The van der Waals surface area contributed by atoms with Crippen molar-refractivity contribution in [1.29, 1.82) is 0 Å². The maximum Gasteiger partial charge on any atom is 0.0616 e. The number of aliphatic hydroxyl groups is 1. The minimum atomic E-state index is -0.0518. The Hall–Kier alpha value is -0.120. The van der Waals surface area contributed by atoms with E-state index in [0.29, 0.717) is 12.0 Å². The van der Waals surface area contributed by atoms with E-state index in [0.717, 1.165) is 32.5 Å². The van der Waals surface area contributed by atoms with Gasteiger partial charge in [0, 0.05) is 24.8 Å². The SMILES string of the molecule is CCCOCCC1CCCC1(CO)NC(C)C. The molecule has 0 bridgehead atoms. The number of hydrogen-bond donors (Lipinski definition) is 2. The van der Waals surface area contributed by atoms with E-state index in [4.69, 9.17) is 4.74 Å². The molecule has 1 aliphatic rings. The fourth-order valence-electron chi connectivity index (χ4n) is 3.06. The second kappa shape index (κ2) is 7.34. The topological polar surface area (TPSA) is 41.5 Å². The summed E-state index contributed by atoms with van der Waals surface area (Å²) in [7, 11) is 0. The minimum absolute atomic E-state index is 0.0518. The maximum absolute atomic E-state index is 9.74. The molecule has 102 valence electrons. The lowest BCUT2D eigenvalue weighted by atomic mass is 9.85. The van der Waals surface area contributed by atoms with Gasteiger partial charge in [-0.1, -0.05) is 27.2 Å². The van der Waals surface area contributed by atoms with Gasteiger partial charge in [-0.2, -0.15) is 0 Å². The smallest absolute Gasteiger partial charge is 0.0616 e. The Bertz CT molecular complexity index is 208. The third-order valence-corrected chi connectivity index (χ3v) is 3.77. The molecule has 3 heteroatoms. The minimum Gasteiger partial charge on any atom is -0.394 e. The predicted molar refractivity (Wildman–Crippen MR) is 71.2 cm³/mol. The summed E-state index contributed by atoms with van der Waals surface area (Å²) in [5, 5.41) is 13.3. The Morgan fingerprint density at radius 1 is 1.41 bits per heavy atom. The highest BCUT2D eigenvalue weighted by atomic mass is 16.5. The van der Waals surface area contributed by atoms with Gasteiger partial charge in [0.05, 0.1) is 6.61 Å². The van der Waals surface area contributed by atoms with Gasteiger partial charge in [0.15, 0.2) is 0 Å². The highest BCUT2D eigenvalue weighted by Crippen LogP contribution is 2.38. The summed E-state index contributed by atoms with van der Waals surface area (Å²) in [6.45, 7) is 8.38. The Kier molecular flexibility index (Phi) is 6.45. The van der Waals surface area contributed by atoms with Crippen molar-refractivity contribution in [3.8, 4) is 0 Å². The Labute approximate surface area is 106 Å². The van der Waals surface area contributed by atoms with Gasteiger partial charge in [0.1, 0.15) is 0 Å². The summed E-state index contributed by atoms with van der Waals surface area (Å²) in [5.74, 6) is 0.562. The van der Waals surface area contributed by atoms with Crippen molar-refractivity contribution in [3.63, 3.8) is 0 Å². The van der Waals surface area contributed by atoms with E-state index in [1.54, 1.807) is 0 Å². The second-order valence-electron chi connectivity index (χ2n) is 5.60. The number of ether oxygens (including phenoxy) is 1. The van der Waals surface area contributed by atoms with Crippen LogP contribution in [0.3, 0.4) is 0 Å². The molecule has 0 amide bonds. The standard InChI is InChI=1S/C14H29NO2/c1-4-9-17-10-7-13-6-5-8-14(13,11-16)15-12(2)3/h12-13,15-16H,4-11H2,1-3H3. The fraction of sp³-hybridized carbons (Fsp3) is 1.00. The van der Waals surface area contributed by atoms with Gasteiger partial charge in [-0.3, -0.25) is 0 Å². The summed E-state index contributed by atoms with van der Waals surface area (Å²) in [6.07, 6.45) is 5.69. The highest BCUT2D eigenvalue weighted by Gasteiger charge is 2.42. The van der Waals surface area contributed by atoms with E-state index in [1.807, 2.05) is 0 Å². The number of aliphatic hydroxyl groups excluding tert-OH is 1. The zero-order valence-corrected chi connectivity index (χ0v) is 11.7. The number of rotatable bonds is 8. The molecule has 1 fully saturated rings. The van der Waals surface area contributed by atoms with Crippen LogP contribution >= 0.6 is 0 Å². The van der Waals surface area contributed by atoms with Crippen molar-refractivity contribution in [2.45, 2.75) is 64.5 Å². The second-order valence-corrected chi connectivity index (χ2v) is 5.60. The van der Waals surface area contributed by atoms with Gasteiger partial charge in [-0.15, -0.1) is 0 Å². The zero-order valence-electron chi connectivity index (χ0n) is 11.7. The lowest BCUT2D eigenvalue weighted by Crippen LogP contribution is -2.54. The average Bonchev–Trinajstić information content (AvgIpc) is 2.67. The van der Waals surface area contributed by atoms with Gasteiger partial charge in [0.2, 0.25) is 0 Å². The molecule has 2 atom stereocenters. The van der Waals surface area contributed by atoms with Crippen LogP contribution in [0.25, 0.3) is 0 Å². The Morgan fingerprint density at radius 3 is 2.76 bits per heavy atom. The highest BCUT2D eigenvalue weighted by molar-refractivity contribution is 4.99. The van der Waals surface area contributed by atoms with E-state index < -0.39 is 0 Å². The third-order valence-electron chi connectivity index (χ3n) is 3.77. The normalized spacial score (nSPS) is 29.1. The zero-order chi connectivity index (χ0) is 12.7. The summed E-state index contributed by atoms with van der Waals surface area (Å²) < 4.78 is 5.58. The molecule has 0 aliphatic heterocycles. The molecule has 17 heavy (non-hydrogen) atoms. The van der Waals surface area contributed by atoms with Crippen LogP contribution in [0.4, 0.5) is 0 Å². The number of hydrogen-bond acceptors (Lipinski definition) is 3. The molecule has 1 aliphatic carbocycles. The van der Waals surface area contributed by atoms with Gasteiger partial charge < -0.3 is 15.2 Å². The van der Waals surface area contributed by atoms with Gasteiger partial charge >= 0.3 is 0 Å². The molecule has 2 unspecified atom stereocenters. The van der Waals surface area contributed by atoms with Crippen LogP contribution in [-0.2, 0) is 4.74 Å². The van der Waals surface area contributed by atoms with Crippen molar-refractivity contribution in [2.24, 2.45) is 5.92 Å². The Balaban J connectivity index is 2.44. The summed E-state index contributed by atoms with van der Waals surface area (Å²) in [6, 6.07) is 0.430. The first-order valence-electron chi connectivity index (χ1n) is 7.11. The molecule has 1 rings (SSSR count). The fourth-order valence-corrected chi connectivity index (χ4v) is 3.06.